The molecule has 0 spiro atoms. The number of hydrogen-bond acceptors (Lipinski definition) is 4. The topological polar surface area (TPSA) is 28.2 Å². The van der Waals surface area contributed by atoms with E-state index in [9.17, 15) is 0 Å². The van der Waals surface area contributed by atoms with Crippen molar-refractivity contribution in [3.63, 3.8) is 0 Å². The number of nitrogens with zero attached hydrogens (tertiary/aromatic N) is 2. The molecule has 0 aromatic carbocycles. The normalized spacial score (nSPS) is 10.9. The van der Waals surface area contributed by atoms with Crippen molar-refractivity contribution >= 4 is 28.1 Å². The molecule has 0 saturated carbocycles. The molecule has 0 atom stereocenters. The van der Waals surface area contributed by atoms with Gasteiger partial charge in [0.15, 0.2) is 5.13 Å². The number of nitrogens with one attached hydrogen (secondary N) is 1. The average molecular weight is 234 g/mol. The van der Waals surface area contributed by atoms with Gasteiger partial charge in [-0.2, -0.15) is 0 Å². The van der Waals surface area contributed by atoms with Crippen molar-refractivity contribution in [1.82, 2.24) is 9.88 Å². The molecule has 1 rings (SSSR count). The highest BCUT2D eigenvalue weighted by atomic mass is 35.5. The van der Waals surface area contributed by atoms with Crippen molar-refractivity contribution in [1.29, 1.82) is 0 Å². The highest BCUT2D eigenvalue weighted by Gasteiger charge is 2.00. The van der Waals surface area contributed by atoms with Crippen LogP contribution in [0.2, 0.25) is 5.15 Å². The zero-order valence-electron chi connectivity index (χ0n) is 8.59. The molecule has 0 aliphatic carbocycles. The van der Waals surface area contributed by atoms with Crippen molar-refractivity contribution in [2.45, 2.75) is 13.8 Å². The predicted octanol–water partition coefficient (Wildman–Crippen LogP) is 2.55. The zero-order chi connectivity index (χ0) is 10.4. The van der Waals surface area contributed by atoms with E-state index < -0.39 is 0 Å². The lowest BCUT2D eigenvalue weighted by atomic mass is 10.5. The van der Waals surface area contributed by atoms with E-state index in [0.29, 0.717) is 5.15 Å². The minimum Gasteiger partial charge on any atom is -0.360 e. The summed E-state index contributed by atoms with van der Waals surface area (Å²) in [6, 6.07) is 0. The largest absolute Gasteiger partial charge is 0.360 e. The summed E-state index contributed by atoms with van der Waals surface area (Å²) in [4.78, 5) is 6.48. The highest BCUT2D eigenvalue weighted by molar-refractivity contribution is 7.14. The van der Waals surface area contributed by atoms with Crippen LogP contribution in [-0.4, -0.2) is 36.1 Å². The van der Waals surface area contributed by atoms with Crippen LogP contribution >= 0.6 is 22.9 Å². The Morgan fingerprint density at radius 1 is 1.50 bits per heavy atom. The SMILES string of the molecule is CCN(CC)CCNc1nc(Cl)cs1. The van der Waals surface area contributed by atoms with Crippen LogP contribution in [0.1, 0.15) is 13.8 Å². The van der Waals surface area contributed by atoms with Gasteiger partial charge < -0.3 is 10.2 Å². The first-order valence-corrected chi connectivity index (χ1v) is 6.09. The number of halogens is 1. The molecule has 0 aliphatic heterocycles. The lowest BCUT2D eigenvalue weighted by Gasteiger charge is -2.17. The van der Waals surface area contributed by atoms with Crippen molar-refractivity contribution in [3.05, 3.63) is 10.5 Å². The molecule has 14 heavy (non-hydrogen) atoms. The number of rotatable bonds is 6. The van der Waals surface area contributed by atoms with Gasteiger partial charge in [0.1, 0.15) is 5.15 Å². The van der Waals surface area contributed by atoms with Gasteiger partial charge in [0.25, 0.3) is 0 Å². The van der Waals surface area contributed by atoms with Crippen LogP contribution in [0.15, 0.2) is 5.38 Å². The molecule has 1 heterocycles. The first-order valence-electron chi connectivity index (χ1n) is 4.83. The Balaban J connectivity index is 2.21. The van der Waals surface area contributed by atoms with Crippen molar-refractivity contribution in [2.75, 3.05) is 31.5 Å². The molecule has 5 heteroatoms. The second-order valence-corrected chi connectivity index (χ2v) is 4.17. The Bertz CT molecular complexity index is 260. The quantitative estimate of drug-likeness (QED) is 0.819. The fraction of sp³-hybridized carbons (Fsp3) is 0.667. The second kappa shape index (κ2) is 6.22. The van der Waals surface area contributed by atoms with Gasteiger partial charge in [-0.05, 0) is 13.1 Å². The maximum absolute atomic E-state index is 5.71. The number of hydrogen-bond donors (Lipinski definition) is 1. The van der Waals surface area contributed by atoms with E-state index in [0.717, 1.165) is 31.3 Å². The molecule has 0 saturated heterocycles. The monoisotopic (exact) mass is 233 g/mol. The van der Waals surface area contributed by atoms with Crippen LogP contribution in [0.3, 0.4) is 0 Å². The van der Waals surface area contributed by atoms with E-state index in [1.807, 2.05) is 5.38 Å². The van der Waals surface area contributed by atoms with Crippen LogP contribution in [0.5, 0.6) is 0 Å². The molecule has 0 aliphatic rings. The molecule has 1 aromatic rings. The number of anilines is 1. The molecule has 80 valence electrons. The lowest BCUT2D eigenvalue weighted by molar-refractivity contribution is 0.316. The van der Waals surface area contributed by atoms with Crippen LogP contribution in [0.4, 0.5) is 5.13 Å². The Morgan fingerprint density at radius 3 is 2.71 bits per heavy atom. The Kier molecular flexibility index (Phi) is 5.22. The Morgan fingerprint density at radius 2 is 2.21 bits per heavy atom. The third-order valence-electron chi connectivity index (χ3n) is 2.07. The predicted molar refractivity (Wildman–Crippen MR) is 63.4 cm³/mol. The third kappa shape index (κ3) is 3.82. The summed E-state index contributed by atoms with van der Waals surface area (Å²) in [5.74, 6) is 0. The van der Waals surface area contributed by atoms with Crippen molar-refractivity contribution < 1.29 is 0 Å². The summed E-state index contributed by atoms with van der Waals surface area (Å²) in [6.07, 6.45) is 0. The van der Waals surface area contributed by atoms with Crippen LogP contribution in [0.25, 0.3) is 0 Å². The van der Waals surface area contributed by atoms with Crippen LogP contribution in [-0.2, 0) is 0 Å². The molecule has 0 amide bonds. The summed E-state index contributed by atoms with van der Waals surface area (Å²) in [6.45, 7) is 8.50. The minimum atomic E-state index is 0.570. The summed E-state index contributed by atoms with van der Waals surface area (Å²) in [7, 11) is 0. The van der Waals surface area contributed by atoms with Gasteiger partial charge in [0.05, 0.1) is 0 Å². The number of thiazole rings is 1. The first kappa shape index (κ1) is 11.8. The summed E-state index contributed by atoms with van der Waals surface area (Å²) < 4.78 is 0. The van der Waals surface area contributed by atoms with E-state index in [1.165, 1.54) is 0 Å². The standard InChI is InChI=1S/C9H16ClN3S/c1-3-13(4-2)6-5-11-9-12-8(10)7-14-9/h7H,3-6H2,1-2H3,(H,11,12). The zero-order valence-corrected chi connectivity index (χ0v) is 10.2. The van der Waals surface area contributed by atoms with Gasteiger partial charge in [0, 0.05) is 18.5 Å². The Labute approximate surface area is 94.1 Å². The molecular formula is C9H16ClN3S. The molecule has 3 nitrogen and oxygen atoms in total. The average Bonchev–Trinajstić information content (AvgIpc) is 2.59. The van der Waals surface area contributed by atoms with E-state index in [-0.39, 0.29) is 0 Å². The Hall–Kier alpha value is -0.320. The first-order chi connectivity index (χ1) is 6.76. The smallest absolute Gasteiger partial charge is 0.184 e. The van der Waals surface area contributed by atoms with Crippen molar-refractivity contribution in [3.8, 4) is 0 Å². The van der Waals surface area contributed by atoms with Gasteiger partial charge in [-0.3, -0.25) is 0 Å². The van der Waals surface area contributed by atoms with Gasteiger partial charge >= 0.3 is 0 Å². The van der Waals surface area contributed by atoms with Gasteiger partial charge in [-0.15, -0.1) is 11.3 Å². The van der Waals surface area contributed by atoms with Gasteiger partial charge in [0.2, 0.25) is 0 Å². The lowest BCUT2D eigenvalue weighted by Crippen LogP contribution is -2.28. The second-order valence-electron chi connectivity index (χ2n) is 2.93. The van der Waals surface area contributed by atoms with Gasteiger partial charge in [-0.1, -0.05) is 25.4 Å². The van der Waals surface area contributed by atoms with E-state index in [4.69, 9.17) is 11.6 Å². The third-order valence-corrected chi connectivity index (χ3v) is 3.20. The molecule has 0 radical (unpaired) electrons. The van der Waals surface area contributed by atoms with Gasteiger partial charge in [-0.25, -0.2) is 4.98 Å². The summed E-state index contributed by atoms with van der Waals surface area (Å²) >= 11 is 7.25. The molecule has 0 bridgehead atoms. The number of likely N-dealkylation sites (N-methyl/N-ethyl adjacent to an activating group) is 1. The van der Waals surface area contributed by atoms with Crippen LogP contribution in [0, 0.1) is 0 Å². The fourth-order valence-corrected chi connectivity index (χ4v) is 2.06. The highest BCUT2D eigenvalue weighted by Crippen LogP contribution is 2.18. The van der Waals surface area contributed by atoms with Crippen LogP contribution < -0.4 is 5.32 Å². The molecule has 1 aromatic heterocycles. The minimum absolute atomic E-state index is 0.570. The van der Waals surface area contributed by atoms with Crippen molar-refractivity contribution in [2.24, 2.45) is 0 Å². The summed E-state index contributed by atoms with van der Waals surface area (Å²) in [5.41, 5.74) is 0. The maximum Gasteiger partial charge on any atom is 0.184 e. The van der Waals surface area contributed by atoms with E-state index in [1.54, 1.807) is 11.3 Å². The molecule has 1 N–H and O–H groups in total. The van der Waals surface area contributed by atoms with E-state index >= 15 is 0 Å². The number of aromatic nitrogens is 1. The fourth-order valence-electron chi connectivity index (χ4n) is 1.20. The van der Waals surface area contributed by atoms with E-state index in [2.05, 4.69) is 29.0 Å². The molecule has 0 unspecified atom stereocenters. The molecule has 0 fully saturated rings. The summed E-state index contributed by atoms with van der Waals surface area (Å²) in [5, 5.41) is 6.56. The molecular weight excluding hydrogens is 218 g/mol. The maximum atomic E-state index is 5.71.